The smallest absolute Gasteiger partial charge is 0.266 e. The summed E-state index contributed by atoms with van der Waals surface area (Å²) in [5, 5.41) is 0. The van der Waals surface area contributed by atoms with Crippen LogP contribution in [0.1, 0.15) is 26.3 Å². The van der Waals surface area contributed by atoms with Gasteiger partial charge in [-0.2, -0.15) is 0 Å². The minimum Gasteiger partial charge on any atom is -0.493 e. The Morgan fingerprint density at radius 1 is 0.778 bits per heavy atom. The van der Waals surface area contributed by atoms with E-state index >= 15 is 0 Å². The first-order valence-corrected chi connectivity index (χ1v) is 8.51. The van der Waals surface area contributed by atoms with Gasteiger partial charge >= 0.3 is 0 Å². The molecule has 0 saturated heterocycles. The van der Waals surface area contributed by atoms with E-state index in [1.807, 2.05) is 30.3 Å². The highest BCUT2D eigenvalue weighted by Crippen LogP contribution is 2.35. The fraction of sp³-hybridized carbons (Fsp3) is 0.0909. The minimum absolute atomic E-state index is 0.337. The molecule has 0 aromatic heterocycles. The fourth-order valence-electron chi connectivity index (χ4n) is 3.07. The van der Waals surface area contributed by atoms with Gasteiger partial charge in [0.15, 0.2) is 11.5 Å². The summed E-state index contributed by atoms with van der Waals surface area (Å²) in [6.07, 6.45) is 0. The van der Waals surface area contributed by atoms with E-state index in [0.29, 0.717) is 34.9 Å². The molecule has 0 aliphatic carbocycles. The first-order valence-electron chi connectivity index (χ1n) is 8.51. The Morgan fingerprint density at radius 2 is 1.41 bits per heavy atom. The molecule has 2 amide bonds. The normalized spacial score (nSPS) is 12.9. The van der Waals surface area contributed by atoms with Gasteiger partial charge in [-0.15, -0.1) is 0 Å². The number of carbonyl (C=O) groups is 2. The van der Waals surface area contributed by atoms with Crippen LogP contribution in [-0.2, 0) is 6.61 Å². The highest BCUT2D eigenvalue weighted by Gasteiger charge is 2.36. The predicted octanol–water partition coefficient (Wildman–Crippen LogP) is 4.07. The third-order valence-electron chi connectivity index (χ3n) is 4.44. The number of hydrogen-bond donors (Lipinski definition) is 0. The zero-order chi connectivity index (χ0) is 18.8. The van der Waals surface area contributed by atoms with Gasteiger partial charge in [-0.25, -0.2) is 4.90 Å². The number of benzene rings is 3. The average molecular weight is 359 g/mol. The zero-order valence-corrected chi connectivity index (χ0v) is 14.7. The second kappa shape index (κ2) is 6.96. The first kappa shape index (κ1) is 16.8. The molecule has 3 aromatic rings. The van der Waals surface area contributed by atoms with Crippen LogP contribution < -0.4 is 14.4 Å². The lowest BCUT2D eigenvalue weighted by Crippen LogP contribution is -2.29. The van der Waals surface area contributed by atoms with Crippen molar-refractivity contribution >= 4 is 17.5 Å². The maximum atomic E-state index is 12.6. The lowest BCUT2D eigenvalue weighted by atomic mass is 10.1. The number of nitrogens with zero attached hydrogens (tertiary/aromatic N) is 1. The molecule has 0 fully saturated rings. The quantitative estimate of drug-likeness (QED) is 0.644. The van der Waals surface area contributed by atoms with Crippen LogP contribution in [-0.4, -0.2) is 18.9 Å². The Bertz CT molecular complexity index is 979. The van der Waals surface area contributed by atoms with Crippen molar-refractivity contribution in [1.29, 1.82) is 0 Å². The molecule has 0 N–H and O–H groups in total. The van der Waals surface area contributed by atoms with Gasteiger partial charge in [0.05, 0.1) is 23.9 Å². The monoisotopic (exact) mass is 359 g/mol. The first-order chi connectivity index (χ1) is 13.2. The third kappa shape index (κ3) is 3.04. The molecule has 4 rings (SSSR count). The van der Waals surface area contributed by atoms with Crippen LogP contribution in [0.3, 0.4) is 0 Å². The van der Waals surface area contributed by atoms with Crippen molar-refractivity contribution in [1.82, 2.24) is 0 Å². The number of ether oxygens (including phenoxy) is 2. The summed E-state index contributed by atoms with van der Waals surface area (Å²) in [5.74, 6) is 0.327. The van der Waals surface area contributed by atoms with Crippen molar-refractivity contribution in [2.75, 3.05) is 12.0 Å². The van der Waals surface area contributed by atoms with E-state index in [9.17, 15) is 9.59 Å². The number of fused-ring (bicyclic) bond motifs is 1. The largest absolute Gasteiger partial charge is 0.493 e. The summed E-state index contributed by atoms with van der Waals surface area (Å²) in [6.45, 7) is 0.392. The van der Waals surface area contributed by atoms with Crippen LogP contribution in [0.4, 0.5) is 5.69 Å². The maximum absolute atomic E-state index is 12.6. The number of methoxy groups -OCH3 is 1. The zero-order valence-electron chi connectivity index (χ0n) is 14.7. The van der Waals surface area contributed by atoms with Crippen molar-refractivity contribution in [3.05, 3.63) is 89.5 Å². The van der Waals surface area contributed by atoms with Gasteiger partial charge in [-0.05, 0) is 29.8 Å². The molecule has 1 aliphatic heterocycles. The second-order valence-corrected chi connectivity index (χ2v) is 6.10. The number of anilines is 1. The molecule has 5 heteroatoms. The molecule has 0 spiro atoms. The van der Waals surface area contributed by atoms with E-state index in [0.717, 1.165) is 10.5 Å². The van der Waals surface area contributed by atoms with Crippen molar-refractivity contribution in [3.8, 4) is 11.5 Å². The standard InChI is InChI=1S/C22H17NO4/c1-26-20-13-16(11-12-19(20)27-14-15-7-3-2-4-8-15)23-21(24)17-9-5-6-10-18(17)22(23)25/h2-13H,14H2,1H3. The summed E-state index contributed by atoms with van der Waals surface area (Å²) >= 11 is 0. The minimum atomic E-state index is -0.337. The SMILES string of the molecule is COc1cc(N2C(=O)c3ccccc3C2=O)ccc1OCc1ccccc1. The molecular weight excluding hydrogens is 342 g/mol. The Labute approximate surface area is 156 Å². The number of imide groups is 1. The van der Waals surface area contributed by atoms with Gasteiger partial charge in [0.25, 0.3) is 11.8 Å². The lowest BCUT2D eigenvalue weighted by molar-refractivity contribution is 0.0926. The van der Waals surface area contributed by atoms with E-state index in [1.54, 1.807) is 42.5 Å². The Morgan fingerprint density at radius 3 is 2.04 bits per heavy atom. The summed E-state index contributed by atoms with van der Waals surface area (Å²) < 4.78 is 11.2. The molecule has 0 bridgehead atoms. The van der Waals surface area contributed by atoms with Crippen LogP contribution in [0.2, 0.25) is 0 Å². The van der Waals surface area contributed by atoms with E-state index in [2.05, 4.69) is 0 Å². The summed E-state index contributed by atoms with van der Waals surface area (Å²) in [4.78, 5) is 26.4. The van der Waals surface area contributed by atoms with Gasteiger partial charge in [-0.1, -0.05) is 42.5 Å². The van der Waals surface area contributed by atoms with Crippen molar-refractivity contribution < 1.29 is 19.1 Å². The summed E-state index contributed by atoms with van der Waals surface area (Å²) in [5.41, 5.74) is 2.30. The number of amides is 2. The molecule has 1 aliphatic rings. The third-order valence-corrected chi connectivity index (χ3v) is 4.44. The van der Waals surface area contributed by atoms with E-state index in [1.165, 1.54) is 7.11 Å². The van der Waals surface area contributed by atoms with Gasteiger partial charge in [0.1, 0.15) is 6.61 Å². The van der Waals surface area contributed by atoms with Crippen molar-refractivity contribution in [3.63, 3.8) is 0 Å². The molecule has 0 saturated carbocycles. The number of rotatable bonds is 5. The number of carbonyl (C=O) groups excluding carboxylic acids is 2. The van der Waals surface area contributed by atoms with Gasteiger partial charge in [-0.3, -0.25) is 9.59 Å². The summed E-state index contributed by atoms with van der Waals surface area (Å²) in [6, 6.07) is 21.6. The molecule has 1 heterocycles. The second-order valence-electron chi connectivity index (χ2n) is 6.10. The molecule has 134 valence electrons. The molecule has 27 heavy (non-hydrogen) atoms. The maximum Gasteiger partial charge on any atom is 0.266 e. The molecule has 3 aromatic carbocycles. The van der Waals surface area contributed by atoms with Crippen LogP contribution >= 0.6 is 0 Å². The van der Waals surface area contributed by atoms with Crippen LogP contribution in [0.5, 0.6) is 11.5 Å². The highest BCUT2D eigenvalue weighted by molar-refractivity contribution is 6.34. The average Bonchev–Trinajstić information content (AvgIpc) is 2.98. The van der Waals surface area contributed by atoms with E-state index in [-0.39, 0.29) is 11.8 Å². The van der Waals surface area contributed by atoms with E-state index < -0.39 is 0 Å². The van der Waals surface area contributed by atoms with Crippen LogP contribution in [0.25, 0.3) is 0 Å². The Kier molecular flexibility index (Phi) is 4.34. The Balaban J connectivity index is 1.60. The molecule has 0 radical (unpaired) electrons. The molecular formula is C22H17NO4. The van der Waals surface area contributed by atoms with Gasteiger partial charge in [0, 0.05) is 6.07 Å². The highest BCUT2D eigenvalue weighted by atomic mass is 16.5. The van der Waals surface area contributed by atoms with Crippen LogP contribution in [0.15, 0.2) is 72.8 Å². The lowest BCUT2D eigenvalue weighted by Gasteiger charge is -2.17. The molecule has 0 atom stereocenters. The van der Waals surface area contributed by atoms with Crippen molar-refractivity contribution in [2.45, 2.75) is 6.61 Å². The topological polar surface area (TPSA) is 55.8 Å². The van der Waals surface area contributed by atoms with Crippen LogP contribution in [0, 0.1) is 0 Å². The van der Waals surface area contributed by atoms with Gasteiger partial charge in [0.2, 0.25) is 0 Å². The molecule has 0 unspecified atom stereocenters. The fourth-order valence-corrected chi connectivity index (χ4v) is 3.07. The van der Waals surface area contributed by atoms with E-state index in [4.69, 9.17) is 9.47 Å². The number of hydrogen-bond acceptors (Lipinski definition) is 4. The predicted molar refractivity (Wildman–Crippen MR) is 101 cm³/mol. The Hall–Kier alpha value is -3.60. The van der Waals surface area contributed by atoms with Gasteiger partial charge < -0.3 is 9.47 Å². The molecule has 5 nitrogen and oxygen atoms in total. The summed E-state index contributed by atoms with van der Waals surface area (Å²) in [7, 11) is 1.52. The van der Waals surface area contributed by atoms with Crippen molar-refractivity contribution in [2.24, 2.45) is 0 Å².